The molecule has 1 aliphatic rings. The van der Waals surface area contributed by atoms with E-state index in [1.807, 2.05) is 37.3 Å². The normalized spacial score (nSPS) is 20.1. The number of likely N-dealkylation sites (tertiary alicyclic amines) is 1. The number of amides is 1. The molecule has 1 saturated heterocycles. The molecule has 1 amide bonds. The number of methoxy groups -OCH3 is 2. The summed E-state index contributed by atoms with van der Waals surface area (Å²) < 4.78 is 15.7. The molecule has 0 saturated carbocycles. The third-order valence-corrected chi connectivity index (χ3v) is 4.80. The molecular formula is C19H27NO5. The summed E-state index contributed by atoms with van der Waals surface area (Å²) in [7, 11) is 3.09. The van der Waals surface area contributed by atoms with E-state index < -0.39 is 17.9 Å². The maximum absolute atomic E-state index is 12.7. The monoisotopic (exact) mass is 349 g/mol. The molecule has 0 aliphatic carbocycles. The highest BCUT2D eigenvalue weighted by atomic mass is 16.7. The molecule has 0 bridgehead atoms. The number of Topliss-reactive ketones (excluding diaryl/α,β-unsaturated/α-hetero) is 1. The van der Waals surface area contributed by atoms with Gasteiger partial charge in [-0.1, -0.05) is 30.3 Å². The summed E-state index contributed by atoms with van der Waals surface area (Å²) in [6, 6.07) is 9.51. The Labute approximate surface area is 149 Å². The SMILES string of the molecule is COC(CCC(=O)[C@]1(C)CCCN1C(=O)OCc1ccccc1)OC. The molecule has 1 aromatic rings. The minimum Gasteiger partial charge on any atom is -0.445 e. The molecule has 1 aliphatic heterocycles. The van der Waals surface area contributed by atoms with Gasteiger partial charge in [0, 0.05) is 33.6 Å². The van der Waals surface area contributed by atoms with Gasteiger partial charge in [0.1, 0.15) is 12.1 Å². The fourth-order valence-corrected chi connectivity index (χ4v) is 3.19. The van der Waals surface area contributed by atoms with Crippen LogP contribution in [0.3, 0.4) is 0 Å². The van der Waals surface area contributed by atoms with Gasteiger partial charge in [0.25, 0.3) is 0 Å². The molecule has 1 atom stereocenters. The minimum atomic E-state index is -0.820. The summed E-state index contributed by atoms with van der Waals surface area (Å²) in [6.07, 6.45) is 1.36. The van der Waals surface area contributed by atoms with Crippen LogP contribution < -0.4 is 0 Å². The van der Waals surface area contributed by atoms with Gasteiger partial charge in [-0.25, -0.2) is 4.79 Å². The van der Waals surface area contributed by atoms with E-state index in [0.29, 0.717) is 25.8 Å². The third kappa shape index (κ3) is 4.80. The summed E-state index contributed by atoms with van der Waals surface area (Å²) in [4.78, 5) is 26.8. The van der Waals surface area contributed by atoms with E-state index in [1.54, 1.807) is 19.1 Å². The van der Waals surface area contributed by atoms with E-state index in [4.69, 9.17) is 14.2 Å². The van der Waals surface area contributed by atoms with Gasteiger partial charge in [0.15, 0.2) is 12.1 Å². The Morgan fingerprint density at radius 3 is 2.52 bits per heavy atom. The second-order valence-corrected chi connectivity index (χ2v) is 6.43. The molecule has 6 nitrogen and oxygen atoms in total. The lowest BCUT2D eigenvalue weighted by Gasteiger charge is -2.33. The van der Waals surface area contributed by atoms with Crippen molar-refractivity contribution in [1.29, 1.82) is 0 Å². The lowest BCUT2D eigenvalue weighted by Crippen LogP contribution is -2.51. The first-order valence-electron chi connectivity index (χ1n) is 8.58. The average molecular weight is 349 g/mol. The minimum absolute atomic E-state index is 0.0146. The molecule has 1 fully saturated rings. The first kappa shape index (κ1) is 19.4. The van der Waals surface area contributed by atoms with E-state index in [0.717, 1.165) is 12.0 Å². The molecule has 0 spiro atoms. The van der Waals surface area contributed by atoms with Crippen molar-refractivity contribution in [2.24, 2.45) is 0 Å². The zero-order chi connectivity index (χ0) is 18.3. The fourth-order valence-electron chi connectivity index (χ4n) is 3.19. The maximum Gasteiger partial charge on any atom is 0.410 e. The van der Waals surface area contributed by atoms with Crippen molar-refractivity contribution in [3.8, 4) is 0 Å². The predicted octanol–water partition coefficient (Wildman–Crippen LogP) is 3.15. The Bertz CT molecular complexity index is 572. The molecule has 0 aromatic heterocycles. The topological polar surface area (TPSA) is 65.1 Å². The van der Waals surface area contributed by atoms with Crippen LogP contribution in [0.5, 0.6) is 0 Å². The number of hydrogen-bond donors (Lipinski definition) is 0. The number of ketones is 1. The summed E-state index contributed by atoms with van der Waals surface area (Å²) in [5.74, 6) is 0.0146. The van der Waals surface area contributed by atoms with E-state index in [1.165, 1.54) is 0 Å². The first-order chi connectivity index (χ1) is 12.0. The Kier molecular flexibility index (Phi) is 6.96. The van der Waals surface area contributed by atoms with Crippen LogP contribution in [0.4, 0.5) is 4.79 Å². The van der Waals surface area contributed by atoms with E-state index >= 15 is 0 Å². The molecule has 0 unspecified atom stereocenters. The Balaban J connectivity index is 1.94. The van der Waals surface area contributed by atoms with Gasteiger partial charge in [-0.05, 0) is 25.3 Å². The van der Waals surface area contributed by atoms with Crippen LogP contribution in [-0.4, -0.2) is 49.4 Å². The molecule has 6 heteroatoms. The van der Waals surface area contributed by atoms with Gasteiger partial charge in [-0.2, -0.15) is 0 Å². The van der Waals surface area contributed by atoms with Crippen LogP contribution in [0.15, 0.2) is 30.3 Å². The van der Waals surface area contributed by atoms with Crippen molar-refractivity contribution in [2.45, 2.75) is 51.0 Å². The number of rotatable bonds is 8. The number of benzene rings is 1. The standard InChI is InChI=1S/C19H27NO5/c1-19(16(21)10-11-17(23-2)24-3)12-7-13-20(19)18(22)25-14-15-8-5-4-6-9-15/h4-6,8-9,17H,7,10-14H2,1-3H3/t19-/m0/s1. The van der Waals surface area contributed by atoms with E-state index in [2.05, 4.69) is 0 Å². The highest BCUT2D eigenvalue weighted by Gasteiger charge is 2.45. The molecule has 138 valence electrons. The number of hydrogen-bond acceptors (Lipinski definition) is 5. The highest BCUT2D eigenvalue weighted by Crippen LogP contribution is 2.32. The number of carbonyl (C=O) groups excluding carboxylic acids is 2. The molecule has 1 heterocycles. The quantitative estimate of drug-likeness (QED) is 0.675. The van der Waals surface area contributed by atoms with Crippen molar-refractivity contribution in [3.05, 3.63) is 35.9 Å². The van der Waals surface area contributed by atoms with Crippen LogP contribution in [0.1, 0.15) is 38.2 Å². The maximum atomic E-state index is 12.7. The summed E-state index contributed by atoms with van der Waals surface area (Å²) in [5, 5.41) is 0. The smallest absolute Gasteiger partial charge is 0.410 e. The Morgan fingerprint density at radius 2 is 1.88 bits per heavy atom. The summed E-state index contributed by atoms with van der Waals surface area (Å²) in [5.41, 5.74) is 0.103. The number of carbonyl (C=O) groups is 2. The van der Waals surface area contributed by atoms with Gasteiger partial charge < -0.3 is 14.2 Å². The Hall–Kier alpha value is -1.92. The average Bonchev–Trinajstić information content (AvgIpc) is 3.04. The zero-order valence-corrected chi connectivity index (χ0v) is 15.2. The van der Waals surface area contributed by atoms with Crippen molar-refractivity contribution >= 4 is 11.9 Å². The summed E-state index contributed by atoms with van der Waals surface area (Å²) in [6.45, 7) is 2.56. The van der Waals surface area contributed by atoms with E-state index in [9.17, 15) is 9.59 Å². The van der Waals surface area contributed by atoms with Crippen LogP contribution in [-0.2, 0) is 25.6 Å². The van der Waals surface area contributed by atoms with Gasteiger partial charge in [-0.15, -0.1) is 0 Å². The van der Waals surface area contributed by atoms with Crippen LogP contribution in [0.25, 0.3) is 0 Å². The molecule has 1 aromatic carbocycles. The van der Waals surface area contributed by atoms with Gasteiger partial charge in [0.2, 0.25) is 0 Å². The molecule has 25 heavy (non-hydrogen) atoms. The number of ether oxygens (including phenoxy) is 3. The van der Waals surface area contributed by atoms with Crippen LogP contribution in [0.2, 0.25) is 0 Å². The predicted molar refractivity (Wildman–Crippen MR) is 93.0 cm³/mol. The van der Waals surface area contributed by atoms with Crippen LogP contribution in [0, 0.1) is 0 Å². The van der Waals surface area contributed by atoms with E-state index in [-0.39, 0.29) is 12.4 Å². The zero-order valence-electron chi connectivity index (χ0n) is 15.2. The summed E-state index contributed by atoms with van der Waals surface area (Å²) >= 11 is 0. The van der Waals surface area contributed by atoms with Crippen molar-refractivity contribution in [3.63, 3.8) is 0 Å². The molecule has 0 radical (unpaired) electrons. The van der Waals surface area contributed by atoms with Crippen molar-refractivity contribution in [2.75, 3.05) is 20.8 Å². The second-order valence-electron chi connectivity index (χ2n) is 6.43. The largest absolute Gasteiger partial charge is 0.445 e. The first-order valence-corrected chi connectivity index (χ1v) is 8.58. The van der Waals surface area contributed by atoms with Crippen LogP contribution >= 0.6 is 0 Å². The Morgan fingerprint density at radius 1 is 1.20 bits per heavy atom. The second kappa shape index (κ2) is 8.97. The number of nitrogens with zero attached hydrogens (tertiary/aromatic N) is 1. The molecule has 0 N–H and O–H groups in total. The highest BCUT2D eigenvalue weighted by molar-refractivity contribution is 5.91. The molecular weight excluding hydrogens is 322 g/mol. The third-order valence-electron chi connectivity index (χ3n) is 4.80. The lowest BCUT2D eigenvalue weighted by molar-refractivity contribution is -0.134. The molecule has 2 rings (SSSR count). The van der Waals surface area contributed by atoms with Gasteiger partial charge >= 0.3 is 6.09 Å². The lowest BCUT2D eigenvalue weighted by atomic mass is 9.90. The van der Waals surface area contributed by atoms with Gasteiger partial charge in [0.05, 0.1) is 0 Å². The van der Waals surface area contributed by atoms with Crippen molar-refractivity contribution < 1.29 is 23.8 Å². The van der Waals surface area contributed by atoms with Crippen molar-refractivity contribution in [1.82, 2.24) is 4.90 Å². The van der Waals surface area contributed by atoms with Gasteiger partial charge in [-0.3, -0.25) is 9.69 Å². The fraction of sp³-hybridized carbons (Fsp3) is 0.579.